The van der Waals surface area contributed by atoms with Gasteiger partial charge in [0.1, 0.15) is 0 Å². The lowest BCUT2D eigenvalue weighted by Crippen LogP contribution is -2.30. The van der Waals surface area contributed by atoms with Crippen LogP contribution in [0.4, 0.5) is 0 Å². The van der Waals surface area contributed by atoms with Gasteiger partial charge in [-0.3, -0.25) is 0 Å². The van der Waals surface area contributed by atoms with E-state index in [-0.39, 0.29) is 6.04 Å². The number of sulfonamides is 1. The lowest BCUT2D eigenvalue weighted by molar-refractivity contribution is 0.357. The van der Waals surface area contributed by atoms with Gasteiger partial charge in [-0.05, 0) is 18.1 Å². The van der Waals surface area contributed by atoms with Crippen LogP contribution >= 0.6 is 0 Å². The maximum absolute atomic E-state index is 12.1. The van der Waals surface area contributed by atoms with E-state index in [0.29, 0.717) is 11.4 Å². The molecule has 0 bridgehead atoms. The molecule has 0 spiro atoms. The van der Waals surface area contributed by atoms with Crippen molar-refractivity contribution in [1.82, 2.24) is 4.31 Å². The minimum absolute atomic E-state index is 0.0243. The summed E-state index contributed by atoms with van der Waals surface area (Å²) in [5.41, 5.74) is 0.946. The second-order valence-corrected chi connectivity index (χ2v) is 5.69. The molecule has 2 aliphatic rings. The highest BCUT2D eigenvalue weighted by molar-refractivity contribution is 7.89. The predicted octanol–water partition coefficient (Wildman–Crippen LogP) is 1.69. The normalized spacial score (nSPS) is 27.3. The van der Waals surface area contributed by atoms with Crippen molar-refractivity contribution in [1.29, 1.82) is 0 Å². The van der Waals surface area contributed by atoms with E-state index in [9.17, 15) is 8.42 Å². The second kappa shape index (κ2) is 2.93. The van der Waals surface area contributed by atoms with Crippen LogP contribution in [0.25, 0.3) is 0 Å². The summed E-state index contributed by atoms with van der Waals surface area (Å²) in [6.07, 6.45) is 4.76. The van der Waals surface area contributed by atoms with Crippen LogP contribution in [-0.4, -0.2) is 19.3 Å². The van der Waals surface area contributed by atoms with Crippen molar-refractivity contribution in [3.63, 3.8) is 0 Å². The molecule has 0 radical (unpaired) electrons. The molecule has 1 unspecified atom stereocenters. The zero-order valence-electron chi connectivity index (χ0n) is 8.13. The van der Waals surface area contributed by atoms with Crippen LogP contribution in [-0.2, 0) is 10.0 Å². The molecule has 2 heterocycles. The van der Waals surface area contributed by atoms with Crippen molar-refractivity contribution < 1.29 is 8.42 Å². The molecule has 2 aliphatic heterocycles. The summed E-state index contributed by atoms with van der Waals surface area (Å²) in [6, 6.07) is 7.31. The van der Waals surface area contributed by atoms with Gasteiger partial charge >= 0.3 is 0 Å². The molecule has 1 atom stereocenters. The lowest BCUT2D eigenvalue weighted by atomic mass is 10.0. The minimum Gasteiger partial charge on any atom is -0.207 e. The van der Waals surface area contributed by atoms with Crippen molar-refractivity contribution in [2.75, 3.05) is 6.54 Å². The first kappa shape index (κ1) is 9.12. The standard InChI is InChI=1S/C11H11NO2S/c13-15(14)11-7-2-1-5-9(11)10-6-3-4-8-12(10)15/h1-5,7,10H,6,8H2. The fraction of sp³-hybridized carbons (Fsp3) is 0.273. The van der Waals surface area contributed by atoms with E-state index in [1.54, 1.807) is 16.4 Å². The van der Waals surface area contributed by atoms with Crippen molar-refractivity contribution in [2.45, 2.75) is 17.4 Å². The molecule has 0 aromatic heterocycles. The van der Waals surface area contributed by atoms with Gasteiger partial charge < -0.3 is 0 Å². The third-order valence-electron chi connectivity index (χ3n) is 3.02. The van der Waals surface area contributed by atoms with Crippen molar-refractivity contribution >= 4 is 10.0 Å². The van der Waals surface area contributed by atoms with E-state index in [1.807, 2.05) is 18.2 Å². The molecule has 0 amide bonds. The molecular formula is C11H11NO2S. The van der Waals surface area contributed by atoms with Gasteiger partial charge in [0.15, 0.2) is 0 Å². The Morgan fingerprint density at radius 2 is 2.00 bits per heavy atom. The average Bonchev–Trinajstić information content (AvgIpc) is 2.51. The molecule has 3 nitrogen and oxygen atoms in total. The first-order valence-electron chi connectivity index (χ1n) is 4.97. The summed E-state index contributed by atoms with van der Waals surface area (Å²) in [4.78, 5) is 0.485. The van der Waals surface area contributed by atoms with Crippen LogP contribution in [0.5, 0.6) is 0 Å². The summed E-state index contributed by atoms with van der Waals surface area (Å²) in [5, 5.41) is 0. The van der Waals surface area contributed by atoms with Crippen LogP contribution in [0.2, 0.25) is 0 Å². The highest BCUT2D eigenvalue weighted by atomic mass is 32.2. The van der Waals surface area contributed by atoms with Gasteiger partial charge in [-0.2, -0.15) is 4.31 Å². The highest BCUT2D eigenvalue weighted by Gasteiger charge is 2.41. The molecule has 3 rings (SSSR count). The Bertz CT molecular complexity index is 533. The summed E-state index contributed by atoms with van der Waals surface area (Å²) >= 11 is 0. The van der Waals surface area contributed by atoms with Crippen LogP contribution in [0, 0.1) is 0 Å². The van der Waals surface area contributed by atoms with Crippen LogP contribution in [0.1, 0.15) is 18.0 Å². The number of hydrogen-bond donors (Lipinski definition) is 0. The Kier molecular flexibility index (Phi) is 1.78. The number of fused-ring (bicyclic) bond motifs is 3. The summed E-state index contributed by atoms with van der Waals surface area (Å²) < 4.78 is 25.8. The van der Waals surface area contributed by atoms with Crippen molar-refractivity contribution in [3.05, 3.63) is 42.0 Å². The van der Waals surface area contributed by atoms with Crippen molar-refractivity contribution in [3.8, 4) is 0 Å². The molecule has 0 saturated heterocycles. The van der Waals surface area contributed by atoms with E-state index >= 15 is 0 Å². The second-order valence-electron chi connectivity index (χ2n) is 3.84. The molecular weight excluding hydrogens is 210 g/mol. The molecule has 4 heteroatoms. The van der Waals surface area contributed by atoms with Gasteiger partial charge in [-0.15, -0.1) is 0 Å². The molecule has 0 fully saturated rings. The molecule has 1 aromatic carbocycles. The Hall–Kier alpha value is -1.13. The molecule has 0 aliphatic carbocycles. The Balaban J connectivity index is 2.27. The highest BCUT2D eigenvalue weighted by Crippen LogP contribution is 2.42. The topological polar surface area (TPSA) is 37.4 Å². The number of nitrogens with zero attached hydrogens (tertiary/aromatic N) is 1. The van der Waals surface area contributed by atoms with Gasteiger partial charge in [-0.1, -0.05) is 30.4 Å². The molecule has 0 saturated carbocycles. The Labute approximate surface area is 89.1 Å². The van der Waals surface area contributed by atoms with Gasteiger partial charge in [0.25, 0.3) is 0 Å². The average molecular weight is 221 g/mol. The summed E-state index contributed by atoms with van der Waals surface area (Å²) in [6.45, 7) is 0.502. The summed E-state index contributed by atoms with van der Waals surface area (Å²) in [7, 11) is -3.22. The molecule has 78 valence electrons. The number of benzene rings is 1. The van der Waals surface area contributed by atoms with Gasteiger partial charge in [-0.25, -0.2) is 8.42 Å². The van der Waals surface area contributed by atoms with Gasteiger partial charge in [0.2, 0.25) is 10.0 Å². The Morgan fingerprint density at radius 3 is 2.87 bits per heavy atom. The van der Waals surface area contributed by atoms with Crippen molar-refractivity contribution in [2.24, 2.45) is 0 Å². The SMILES string of the molecule is O=S1(=O)c2ccccc2C2CC=CCN21. The quantitative estimate of drug-likeness (QED) is 0.625. The first-order valence-corrected chi connectivity index (χ1v) is 6.41. The van der Waals surface area contributed by atoms with E-state index in [0.717, 1.165) is 12.0 Å². The molecule has 15 heavy (non-hydrogen) atoms. The third-order valence-corrected chi connectivity index (χ3v) is 4.97. The van der Waals surface area contributed by atoms with Gasteiger partial charge in [0, 0.05) is 6.54 Å². The third kappa shape index (κ3) is 1.12. The first-order chi connectivity index (χ1) is 7.21. The Morgan fingerprint density at radius 1 is 1.20 bits per heavy atom. The van der Waals surface area contributed by atoms with E-state index in [4.69, 9.17) is 0 Å². The van der Waals surface area contributed by atoms with Gasteiger partial charge in [0.05, 0.1) is 10.9 Å². The fourth-order valence-electron chi connectivity index (χ4n) is 2.31. The van der Waals surface area contributed by atoms with Crippen LogP contribution in [0.3, 0.4) is 0 Å². The fourth-order valence-corrected chi connectivity index (χ4v) is 4.14. The smallest absolute Gasteiger partial charge is 0.207 e. The van der Waals surface area contributed by atoms with E-state index in [2.05, 4.69) is 6.08 Å². The predicted molar refractivity (Wildman–Crippen MR) is 56.8 cm³/mol. The molecule has 0 N–H and O–H groups in total. The maximum Gasteiger partial charge on any atom is 0.244 e. The van der Waals surface area contributed by atoms with E-state index in [1.165, 1.54) is 0 Å². The summed E-state index contributed by atoms with van der Waals surface area (Å²) in [5.74, 6) is 0. The lowest BCUT2D eigenvalue weighted by Gasteiger charge is -2.24. The number of rotatable bonds is 0. The van der Waals surface area contributed by atoms with Crippen LogP contribution < -0.4 is 0 Å². The zero-order valence-corrected chi connectivity index (χ0v) is 8.94. The largest absolute Gasteiger partial charge is 0.244 e. The maximum atomic E-state index is 12.1. The monoisotopic (exact) mass is 221 g/mol. The minimum atomic E-state index is -3.22. The molecule has 1 aromatic rings. The van der Waals surface area contributed by atoms with Crippen LogP contribution in [0.15, 0.2) is 41.3 Å². The van der Waals surface area contributed by atoms with E-state index < -0.39 is 10.0 Å². The zero-order chi connectivity index (χ0) is 10.5. The number of hydrogen-bond acceptors (Lipinski definition) is 2.